The van der Waals surface area contributed by atoms with Crippen LogP contribution in [0.25, 0.3) is 11.0 Å². The molecule has 0 aliphatic heterocycles. The molecule has 0 fully saturated rings. The molecule has 0 aliphatic carbocycles. The van der Waals surface area contributed by atoms with Crippen LogP contribution in [0.1, 0.15) is 56.0 Å². The van der Waals surface area contributed by atoms with Crippen LogP contribution in [0.4, 0.5) is 0 Å². The Morgan fingerprint density at radius 1 is 0.712 bits per heavy atom. The van der Waals surface area contributed by atoms with Gasteiger partial charge < -0.3 is 26.3 Å². The van der Waals surface area contributed by atoms with Crippen molar-refractivity contribution in [2.45, 2.75) is 51.9 Å². The van der Waals surface area contributed by atoms with Crippen molar-refractivity contribution in [2.24, 2.45) is 11.5 Å². The Kier molecular flexibility index (Phi) is 11.9. The Morgan fingerprint density at radius 2 is 1.31 bits per heavy atom. The van der Waals surface area contributed by atoms with Gasteiger partial charge in [0.1, 0.15) is 11.7 Å². The molecule has 9 heteroatoms. The molecule has 52 heavy (non-hydrogen) atoms. The SMILES string of the molecule is N=C(N)c1ccc(CCc2nc3cc(C(=O)N(Cc4ccccc4)Cc4ccc(CN)cc4)ccc3n2CCCNC(=O)Cc2ccccc2)cc1. The molecule has 0 atom stereocenters. The van der Waals surface area contributed by atoms with Gasteiger partial charge in [-0.15, -0.1) is 0 Å². The van der Waals surface area contributed by atoms with E-state index in [1.54, 1.807) is 0 Å². The van der Waals surface area contributed by atoms with Crippen molar-refractivity contribution in [2.75, 3.05) is 6.54 Å². The van der Waals surface area contributed by atoms with Crippen LogP contribution in [0.15, 0.2) is 127 Å². The van der Waals surface area contributed by atoms with E-state index in [1.165, 1.54) is 0 Å². The van der Waals surface area contributed by atoms with Gasteiger partial charge in [0, 0.05) is 50.3 Å². The van der Waals surface area contributed by atoms with Gasteiger partial charge in [-0.2, -0.15) is 0 Å². The van der Waals surface area contributed by atoms with E-state index in [0.717, 1.165) is 57.5 Å². The first-order valence-corrected chi connectivity index (χ1v) is 17.7. The van der Waals surface area contributed by atoms with Gasteiger partial charge in [-0.25, -0.2) is 4.98 Å². The van der Waals surface area contributed by atoms with Crippen molar-refractivity contribution in [1.82, 2.24) is 19.8 Å². The summed E-state index contributed by atoms with van der Waals surface area (Å²) in [5, 5.41) is 10.8. The first-order chi connectivity index (χ1) is 25.4. The van der Waals surface area contributed by atoms with Crippen molar-refractivity contribution in [3.8, 4) is 0 Å². The topological polar surface area (TPSA) is 143 Å². The number of aryl methyl sites for hydroxylation is 3. The van der Waals surface area contributed by atoms with Crippen LogP contribution in [0.3, 0.4) is 0 Å². The number of aromatic nitrogens is 2. The Balaban J connectivity index is 1.23. The van der Waals surface area contributed by atoms with E-state index in [1.807, 2.05) is 132 Å². The van der Waals surface area contributed by atoms with E-state index in [2.05, 4.69) is 9.88 Å². The fourth-order valence-electron chi connectivity index (χ4n) is 6.36. The van der Waals surface area contributed by atoms with E-state index in [9.17, 15) is 9.59 Å². The minimum atomic E-state index is -0.0727. The van der Waals surface area contributed by atoms with E-state index < -0.39 is 0 Å². The van der Waals surface area contributed by atoms with Crippen LogP contribution in [0, 0.1) is 5.41 Å². The fraction of sp³-hybridized carbons (Fsp3) is 0.209. The summed E-state index contributed by atoms with van der Waals surface area (Å²) in [5.74, 6) is 0.874. The normalized spacial score (nSPS) is 11.0. The zero-order chi connectivity index (χ0) is 36.3. The zero-order valence-electron chi connectivity index (χ0n) is 29.3. The van der Waals surface area contributed by atoms with Gasteiger partial charge in [-0.3, -0.25) is 15.0 Å². The third-order valence-corrected chi connectivity index (χ3v) is 9.20. The first kappa shape index (κ1) is 35.8. The summed E-state index contributed by atoms with van der Waals surface area (Å²) in [7, 11) is 0. The molecule has 0 unspecified atom stereocenters. The minimum absolute atomic E-state index is 0.00513. The van der Waals surface area contributed by atoms with Crippen LogP contribution < -0.4 is 16.8 Å². The predicted molar refractivity (Wildman–Crippen MR) is 207 cm³/mol. The monoisotopic (exact) mass is 691 g/mol. The van der Waals surface area contributed by atoms with Crippen LogP contribution in [0.2, 0.25) is 0 Å². The average molecular weight is 692 g/mol. The van der Waals surface area contributed by atoms with Crippen molar-refractivity contribution >= 4 is 28.7 Å². The number of imidazole rings is 1. The van der Waals surface area contributed by atoms with Gasteiger partial charge in [-0.1, -0.05) is 109 Å². The van der Waals surface area contributed by atoms with Gasteiger partial charge in [0.25, 0.3) is 5.91 Å². The lowest BCUT2D eigenvalue weighted by molar-refractivity contribution is -0.120. The summed E-state index contributed by atoms with van der Waals surface area (Å²) in [6.07, 6.45) is 2.49. The van der Waals surface area contributed by atoms with E-state index in [4.69, 9.17) is 21.9 Å². The van der Waals surface area contributed by atoms with Crippen molar-refractivity contribution in [3.63, 3.8) is 0 Å². The van der Waals surface area contributed by atoms with Crippen LogP contribution >= 0.6 is 0 Å². The largest absolute Gasteiger partial charge is 0.384 e. The Hall–Kier alpha value is -6.06. The number of rotatable bonds is 16. The number of nitrogens with two attached hydrogens (primary N) is 2. The number of hydrogen-bond acceptors (Lipinski definition) is 5. The molecule has 1 aromatic heterocycles. The Bertz CT molecular complexity index is 2110. The predicted octanol–water partition coefficient (Wildman–Crippen LogP) is 6.16. The summed E-state index contributed by atoms with van der Waals surface area (Å²) in [4.78, 5) is 33.8. The fourth-order valence-corrected chi connectivity index (χ4v) is 6.36. The number of amides is 2. The van der Waals surface area contributed by atoms with E-state index in [0.29, 0.717) is 56.7 Å². The molecule has 0 radical (unpaired) electrons. The first-order valence-electron chi connectivity index (χ1n) is 17.7. The third kappa shape index (κ3) is 9.38. The van der Waals surface area contributed by atoms with Gasteiger partial charge in [0.05, 0.1) is 17.5 Å². The van der Waals surface area contributed by atoms with Gasteiger partial charge in [0.15, 0.2) is 0 Å². The second-order valence-electron chi connectivity index (χ2n) is 13.0. The van der Waals surface area contributed by atoms with Crippen molar-refractivity contribution in [3.05, 3.63) is 172 Å². The molecule has 6 N–H and O–H groups in total. The molecule has 0 saturated heterocycles. The number of carbonyl (C=O) groups excluding carboxylic acids is 2. The van der Waals surface area contributed by atoms with Gasteiger partial charge in [0.2, 0.25) is 5.91 Å². The summed E-state index contributed by atoms with van der Waals surface area (Å²) in [6, 6.07) is 41.3. The molecular formula is C43H45N7O2. The maximum absolute atomic E-state index is 14.2. The average Bonchev–Trinajstić information content (AvgIpc) is 3.52. The molecule has 6 aromatic rings. The Morgan fingerprint density at radius 3 is 1.96 bits per heavy atom. The number of amidine groups is 1. The lowest BCUT2D eigenvalue weighted by atomic mass is 10.1. The summed E-state index contributed by atoms with van der Waals surface area (Å²) in [5.41, 5.74) is 19.7. The number of benzene rings is 5. The van der Waals surface area contributed by atoms with Crippen LogP contribution in [-0.2, 0) is 50.2 Å². The summed E-state index contributed by atoms with van der Waals surface area (Å²) < 4.78 is 2.21. The lowest BCUT2D eigenvalue weighted by Crippen LogP contribution is -2.30. The van der Waals surface area contributed by atoms with Crippen molar-refractivity contribution < 1.29 is 9.59 Å². The van der Waals surface area contributed by atoms with Crippen molar-refractivity contribution in [1.29, 1.82) is 5.41 Å². The highest BCUT2D eigenvalue weighted by atomic mass is 16.2. The number of fused-ring (bicyclic) bond motifs is 1. The highest BCUT2D eigenvalue weighted by Gasteiger charge is 2.20. The molecule has 0 bridgehead atoms. The number of nitrogen functional groups attached to an aromatic ring is 1. The van der Waals surface area contributed by atoms with E-state index >= 15 is 0 Å². The molecule has 0 saturated carbocycles. The maximum atomic E-state index is 14.2. The second-order valence-corrected chi connectivity index (χ2v) is 13.0. The van der Waals surface area contributed by atoms with Gasteiger partial charge in [-0.05, 0) is 58.9 Å². The second kappa shape index (κ2) is 17.2. The molecular weight excluding hydrogens is 647 g/mol. The number of nitrogens with one attached hydrogen (secondary N) is 2. The third-order valence-electron chi connectivity index (χ3n) is 9.20. The lowest BCUT2D eigenvalue weighted by Gasteiger charge is -2.23. The molecule has 0 spiro atoms. The maximum Gasteiger partial charge on any atom is 0.254 e. The summed E-state index contributed by atoms with van der Waals surface area (Å²) >= 11 is 0. The zero-order valence-corrected chi connectivity index (χ0v) is 29.3. The highest BCUT2D eigenvalue weighted by molar-refractivity contribution is 5.97. The molecule has 2 amide bonds. The number of carbonyl (C=O) groups is 2. The number of nitrogens with zero attached hydrogens (tertiary/aromatic N) is 3. The smallest absolute Gasteiger partial charge is 0.254 e. The molecule has 9 nitrogen and oxygen atoms in total. The summed E-state index contributed by atoms with van der Waals surface area (Å²) in [6.45, 7) is 2.58. The molecule has 0 aliphatic rings. The standard InChI is InChI=1S/C43H45N7O2/c44-28-33-12-14-35(15-13-33)30-49(29-34-10-5-2-6-11-34)43(52)37-21-22-39-38(27-37)48-40(23-18-31-16-19-36(20-17-31)42(45)46)50(39)25-7-24-47-41(51)26-32-8-3-1-4-9-32/h1-6,8-17,19-22,27H,7,18,23-26,28-30,44H2,(H3,45,46)(H,47,51). The number of hydrogen-bond donors (Lipinski definition) is 4. The Labute approximate surface area is 304 Å². The molecule has 5 aromatic carbocycles. The van der Waals surface area contributed by atoms with E-state index in [-0.39, 0.29) is 17.6 Å². The quantitative estimate of drug-likeness (QED) is 0.0547. The molecule has 6 rings (SSSR count). The minimum Gasteiger partial charge on any atom is -0.384 e. The van der Waals surface area contributed by atoms with Crippen LogP contribution in [-0.4, -0.2) is 38.6 Å². The molecule has 264 valence electrons. The molecule has 1 heterocycles. The van der Waals surface area contributed by atoms with Gasteiger partial charge >= 0.3 is 0 Å². The highest BCUT2D eigenvalue weighted by Crippen LogP contribution is 2.23. The van der Waals surface area contributed by atoms with Crippen LogP contribution in [0.5, 0.6) is 0 Å².